The lowest BCUT2D eigenvalue weighted by Crippen LogP contribution is -2.14. The molecule has 0 unspecified atom stereocenters. The molecule has 0 atom stereocenters. The molecular weight excluding hydrogens is 398 g/mol. The van der Waals surface area contributed by atoms with Gasteiger partial charge in [-0.2, -0.15) is 0 Å². The van der Waals surface area contributed by atoms with Gasteiger partial charge in [-0.05, 0) is 63.6 Å². The summed E-state index contributed by atoms with van der Waals surface area (Å²) in [6, 6.07) is 1.94. The number of halogens is 2. The predicted octanol–water partition coefficient (Wildman–Crippen LogP) is 3.62. The first-order valence-electron chi connectivity index (χ1n) is 6.87. The van der Waals surface area contributed by atoms with E-state index >= 15 is 0 Å². The van der Waals surface area contributed by atoms with Crippen LogP contribution in [0.15, 0.2) is 21.2 Å². The van der Waals surface area contributed by atoms with Gasteiger partial charge >= 0.3 is 0 Å². The largest absolute Gasteiger partial charge is 0.308 e. The number of aryl methyl sites for hydroxylation is 1. The van der Waals surface area contributed by atoms with Crippen LogP contribution in [0.2, 0.25) is 0 Å². The Morgan fingerprint density at radius 2 is 1.90 bits per heavy atom. The maximum atomic E-state index is 5.65. The fraction of sp³-hybridized carbons (Fsp3) is 0.357. The van der Waals surface area contributed by atoms with Gasteiger partial charge in [0, 0.05) is 26.4 Å². The summed E-state index contributed by atoms with van der Waals surface area (Å²) in [5.74, 6) is 6.97. The van der Waals surface area contributed by atoms with Crippen LogP contribution in [0, 0.1) is 0 Å². The summed E-state index contributed by atoms with van der Waals surface area (Å²) in [4.78, 5) is 13.7. The SMILES string of the molecule is NNc1nc(-c2ncc(Br)cc2Br)nc2c1CCCCC2. The number of rotatable bonds is 2. The van der Waals surface area contributed by atoms with Crippen molar-refractivity contribution in [2.75, 3.05) is 5.43 Å². The number of nitrogens with zero attached hydrogens (tertiary/aromatic N) is 3. The maximum Gasteiger partial charge on any atom is 0.181 e. The van der Waals surface area contributed by atoms with Crippen molar-refractivity contribution < 1.29 is 0 Å². The summed E-state index contributed by atoms with van der Waals surface area (Å²) >= 11 is 6.92. The van der Waals surface area contributed by atoms with Crippen molar-refractivity contribution >= 4 is 37.7 Å². The second-order valence-electron chi connectivity index (χ2n) is 5.01. The number of pyridine rings is 1. The van der Waals surface area contributed by atoms with E-state index < -0.39 is 0 Å². The Hall–Kier alpha value is -1.05. The Morgan fingerprint density at radius 3 is 2.67 bits per heavy atom. The second-order valence-corrected chi connectivity index (χ2v) is 6.78. The molecule has 3 rings (SSSR count). The highest BCUT2D eigenvalue weighted by Gasteiger charge is 2.18. The molecule has 0 radical (unpaired) electrons. The van der Waals surface area contributed by atoms with E-state index in [2.05, 4.69) is 47.3 Å². The van der Waals surface area contributed by atoms with Crippen LogP contribution < -0.4 is 11.3 Å². The predicted molar refractivity (Wildman–Crippen MR) is 89.7 cm³/mol. The molecule has 1 aliphatic rings. The van der Waals surface area contributed by atoms with Gasteiger partial charge < -0.3 is 5.43 Å². The van der Waals surface area contributed by atoms with Gasteiger partial charge in [0.05, 0.1) is 0 Å². The van der Waals surface area contributed by atoms with E-state index in [0.717, 1.165) is 51.6 Å². The van der Waals surface area contributed by atoms with Gasteiger partial charge in [0.25, 0.3) is 0 Å². The number of hydrazine groups is 1. The Balaban J connectivity index is 2.13. The number of hydrogen-bond acceptors (Lipinski definition) is 5. The monoisotopic (exact) mass is 411 g/mol. The van der Waals surface area contributed by atoms with Crippen LogP contribution in [-0.2, 0) is 12.8 Å². The zero-order valence-corrected chi connectivity index (χ0v) is 14.5. The van der Waals surface area contributed by atoms with Crippen LogP contribution in [0.1, 0.15) is 30.5 Å². The highest BCUT2D eigenvalue weighted by molar-refractivity contribution is 9.11. The van der Waals surface area contributed by atoms with Crippen molar-refractivity contribution in [3.63, 3.8) is 0 Å². The lowest BCUT2D eigenvalue weighted by molar-refractivity contribution is 0.709. The summed E-state index contributed by atoms with van der Waals surface area (Å²) in [7, 11) is 0. The minimum atomic E-state index is 0.600. The zero-order chi connectivity index (χ0) is 14.8. The number of anilines is 1. The Kier molecular flexibility index (Phi) is 4.51. The van der Waals surface area contributed by atoms with Crippen molar-refractivity contribution in [3.8, 4) is 11.5 Å². The molecule has 0 amide bonds. The number of fused-ring (bicyclic) bond motifs is 1. The summed E-state index contributed by atoms with van der Waals surface area (Å²) in [6.45, 7) is 0. The Morgan fingerprint density at radius 1 is 1.10 bits per heavy atom. The van der Waals surface area contributed by atoms with Crippen LogP contribution in [0.3, 0.4) is 0 Å². The minimum absolute atomic E-state index is 0.600. The average Bonchev–Trinajstić information content (AvgIpc) is 2.71. The Labute approximate surface area is 140 Å². The van der Waals surface area contributed by atoms with E-state index in [-0.39, 0.29) is 0 Å². The summed E-state index contributed by atoms with van der Waals surface area (Å²) < 4.78 is 1.76. The Bertz CT molecular complexity index is 675. The normalized spacial score (nSPS) is 14.4. The minimum Gasteiger partial charge on any atom is -0.308 e. The van der Waals surface area contributed by atoms with Crippen molar-refractivity contribution in [3.05, 3.63) is 32.5 Å². The highest BCUT2D eigenvalue weighted by Crippen LogP contribution is 2.30. The average molecular weight is 413 g/mol. The smallest absolute Gasteiger partial charge is 0.181 e. The summed E-state index contributed by atoms with van der Waals surface area (Å²) in [6.07, 6.45) is 7.21. The van der Waals surface area contributed by atoms with E-state index in [1.807, 2.05) is 6.07 Å². The number of nitrogens with one attached hydrogen (secondary N) is 1. The molecule has 110 valence electrons. The first kappa shape index (κ1) is 14.9. The lowest BCUT2D eigenvalue weighted by atomic mass is 10.1. The number of nitrogen functional groups attached to an aromatic ring is 1. The second kappa shape index (κ2) is 6.37. The van der Waals surface area contributed by atoms with E-state index in [1.54, 1.807) is 6.20 Å². The first-order chi connectivity index (χ1) is 10.2. The first-order valence-corrected chi connectivity index (χ1v) is 8.45. The molecule has 3 N–H and O–H groups in total. The third-order valence-electron chi connectivity index (χ3n) is 3.59. The van der Waals surface area contributed by atoms with E-state index in [1.165, 1.54) is 6.42 Å². The third kappa shape index (κ3) is 3.09. The zero-order valence-electron chi connectivity index (χ0n) is 11.4. The number of nitrogens with two attached hydrogens (primary N) is 1. The molecule has 0 saturated carbocycles. The van der Waals surface area contributed by atoms with Crippen LogP contribution in [0.5, 0.6) is 0 Å². The van der Waals surface area contributed by atoms with Gasteiger partial charge in [-0.25, -0.2) is 15.8 Å². The highest BCUT2D eigenvalue weighted by atomic mass is 79.9. The van der Waals surface area contributed by atoms with Gasteiger partial charge in [0.15, 0.2) is 5.82 Å². The molecule has 0 fully saturated rings. The van der Waals surface area contributed by atoms with Crippen LogP contribution in [-0.4, -0.2) is 15.0 Å². The van der Waals surface area contributed by atoms with Gasteiger partial charge in [0.1, 0.15) is 11.5 Å². The van der Waals surface area contributed by atoms with Crippen LogP contribution in [0.4, 0.5) is 5.82 Å². The molecule has 5 nitrogen and oxygen atoms in total. The fourth-order valence-corrected chi connectivity index (χ4v) is 3.74. The standard InChI is InChI=1S/C14H15Br2N5/c15-8-6-10(16)12(18-7-8)14-19-11-5-3-1-2-4-9(11)13(20-14)21-17/h6-7H,1-5,17H2,(H,19,20,21). The number of hydrogen-bond donors (Lipinski definition) is 2. The topological polar surface area (TPSA) is 76.7 Å². The summed E-state index contributed by atoms with van der Waals surface area (Å²) in [5, 5.41) is 0. The van der Waals surface area contributed by atoms with Crippen LogP contribution in [0.25, 0.3) is 11.5 Å². The fourth-order valence-electron chi connectivity index (χ4n) is 2.58. The molecule has 7 heteroatoms. The number of aromatic nitrogens is 3. The molecule has 2 aromatic rings. The summed E-state index contributed by atoms with van der Waals surface area (Å²) in [5.41, 5.74) is 5.67. The van der Waals surface area contributed by atoms with Crippen molar-refractivity contribution in [1.82, 2.24) is 15.0 Å². The van der Waals surface area contributed by atoms with Gasteiger partial charge in [-0.15, -0.1) is 0 Å². The molecular formula is C14H15Br2N5. The van der Waals surface area contributed by atoms with Crippen LogP contribution >= 0.6 is 31.9 Å². The molecule has 1 aliphatic carbocycles. The molecule has 2 heterocycles. The van der Waals surface area contributed by atoms with Crippen molar-refractivity contribution in [2.45, 2.75) is 32.1 Å². The molecule has 0 aromatic carbocycles. The third-order valence-corrected chi connectivity index (χ3v) is 4.63. The van der Waals surface area contributed by atoms with E-state index in [9.17, 15) is 0 Å². The molecule has 0 aliphatic heterocycles. The molecule has 0 spiro atoms. The molecule has 0 saturated heterocycles. The quantitative estimate of drug-likeness (QED) is 0.447. The van der Waals surface area contributed by atoms with Gasteiger partial charge in [-0.3, -0.25) is 4.98 Å². The molecule has 0 bridgehead atoms. The van der Waals surface area contributed by atoms with Crippen molar-refractivity contribution in [2.24, 2.45) is 5.84 Å². The van der Waals surface area contributed by atoms with Crippen molar-refractivity contribution in [1.29, 1.82) is 0 Å². The lowest BCUT2D eigenvalue weighted by Gasteiger charge is -2.13. The molecule has 21 heavy (non-hydrogen) atoms. The van der Waals surface area contributed by atoms with E-state index in [4.69, 9.17) is 10.8 Å². The van der Waals surface area contributed by atoms with Gasteiger partial charge in [-0.1, -0.05) is 6.42 Å². The molecule has 2 aromatic heterocycles. The maximum absolute atomic E-state index is 5.65. The van der Waals surface area contributed by atoms with Gasteiger partial charge in [0.2, 0.25) is 0 Å². The van der Waals surface area contributed by atoms with E-state index in [0.29, 0.717) is 11.6 Å².